The molecular weight excluding hydrogens is 693 g/mol. The van der Waals surface area contributed by atoms with E-state index in [1.165, 1.54) is 0 Å². The van der Waals surface area contributed by atoms with Crippen LogP contribution < -0.4 is 34.6 Å². The summed E-state index contributed by atoms with van der Waals surface area (Å²) in [5.74, 6) is 0.118. The third-order valence-corrected chi connectivity index (χ3v) is 8.01. The SMILES string of the molecule is Cc1ccc(NC(=O)c2ccc(CN3CC[N+](C)(COC(=O)C(C)(C)C)CC3)cc2)cc1Nc1nccc(-c2cccnc2)n1.[I-]. The average molecular weight is 736 g/mol. The summed E-state index contributed by atoms with van der Waals surface area (Å²) in [5.41, 5.74) is 5.38. The number of benzene rings is 2. The van der Waals surface area contributed by atoms with Gasteiger partial charge in [-0.2, -0.15) is 0 Å². The van der Waals surface area contributed by atoms with Gasteiger partial charge in [-0.05, 0) is 81.3 Å². The molecule has 4 aromatic rings. The van der Waals surface area contributed by atoms with Crippen molar-refractivity contribution in [3.05, 3.63) is 95.9 Å². The minimum absolute atomic E-state index is 0. The summed E-state index contributed by atoms with van der Waals surface area (Å²) in [5, 5.41) is 6.29. The second-order valence-electron chi connectivity index (χ2n) is 13.0. The second kappa shape index (κ2) is 15.1. The molecule has 0 saturated carbocycles. The van der Waals surface area contributed by atoms with Crippen molar-refractivity contribution >= 4 is 29.2 Å². The zero-order chi connectivity index (χ0) is 32.0. The summed E-state index contributed by atoms with van der Waals surface area (Å²) < 4.78 is 6.33. The largest absolute Gasteiger partial charge is 1.00 e. The molecule has 0 unspecified atom stereocenters. The number of halogens is 1. The summed E-state index contributed by atoms with van der Waals surface area (Å²) in [6.07, 6.45) is 5.19. The van der Waals surface area contributed by atoms with E-state index in [9.17, 15) is 9.59 Å². The van der Waals surface area contributed by atoms with Gasteiger partial charge in [-0.15, -0.1) is 0 Å². The van der Waals surface area contributed by atoms with Crippen molar-refractivity contribution in [3.8, 4) is 11.3 Å². The Balaban J connectivity index is 0.00000480. The molecule has 1 aliphatic heterocycles. The molecule has 0 aliphatic carbocycles. The predicted molar refractivity (Wildman–Crippen MR) is 176 cm³/mol. The van der Waals surface area contributed by atoms with E-state index < -0.39 is 5.41 Å². The normalized spacial score (nSPS) is 14.5. The molecule has 242 valence electrons. The second-order valence-corrected chi connectivity index (χ2v) is 13.0. The summed E-state index contributed by atoms with van der Waals surface area (Å²) in [4.78, 5) is 40.9. The van der Waals surface area contributed by atoms with Crippen LogP contribution in [0, 0.1) is 12.3 Å². The number of hydrogen-bond donors (Lipinski definition) is 2. The Bertz CT molecular complexity index is 1630. The van der Waals surface area contributed by atoms with Crippen molar-refractivity contribution in [3.63, 3.8) is 0 Å². The van der Waals surface area contributed by atoms with Crippen molar-refractivity contribution in [1.82, 2.24) is 19.9 Å². The molecule has 1 aliphatic rings. The van der Waals surface area contributed by atoms with Crippen molar-refractivity contribution in [1.29, 1.82) is 0 Å². The van der Waals surface area contributed by atoms with E-state index >= 15 is 0 Å². The number of rotatable bonds is 9. The molecule has 2 aromatic carbocycles. The van der Waals surface area contributed by atoms with Crippen LogP contribution in [0.2, 0.25) is 0 Å². The highest BCUT2D eigenvalue weighted by Gasteiger charge is 2.32. The quantitative estimate of drug-likeness (QED) is 0.154. The maximum Gasteiger partial charge on any atom is 0.315 e. The molecule has 1 saturated heterocycles. The van der Waals surface area contributed by atoms with Crippen LogP contribution in [0.3, 0.4) is 0 Å². The Kier molecular flexibility index (Phi) is 11.5. The van der Waals surface area contributed by atoms with E-state index in [2.05, 4.69) is 37.5 Å². The molecule has 1 fully saturated rings. The fraction of sp³-hybridized carbons (Fsp3) is 0.343. The van der Waals surface area contributed by atoms with Crippen LogP contribution in [0.25, 0.3) is 11.3 Å². The van der Waals surface area contributed by atoms with Crippen LogP contribution in [0.1, 0.15) is 42.3 Å². The van der Waals surface area contributed by atoms with Gasteiger partial charge in [0.05, 0.1) is 31.2 Å². The number of anilines is 3. The topological polar surface area (TPSA) is 109 Å². The van der Waals surface area contributed by atoms with Crippen molar-refractivity contribution in [2.75, 3.05) is 50.6 Å². The molecular formula is C35H42IN7O3. The number of quaternary nitrogens is 1. The van der Waals surface area contributed by atoms with Gasteiger partial charge in [0.2, 0.25) is 12.7 Å². The molecule has 10 nitrogen and oxygen atoms in total. The Hall–Kier alpha value is -3.94. The molecule has 0 spiro atoms. The number of piperazine rings is 1. The van der Waals surface area contributed by atoms with Crippen LogP contribution in [0.4, 0.5) is 17.3 Å². The number of aryl methyl sites for hydroxylation is 1. The summed E-state index contributed by atoms with van der Waals surface area (Å²) >= 11 is 0. The third-order valence-electron chi connectivity index (χ3n) is 8.01. The average Bonchev–Trinajstić information content (AvgIpc) is 3.03. The van der Waals surface area contributed by atoms with Gasteiger partial charge in [-0.25, -0.2) is 9.97 Å². The predicted octanol–water partition coefficient (Wildman–Crippen LogP) is 2.66. The Morgan fingerprint density at radius 1 is 1.00 bits per heavy atom. The lowest BCUT2D eigenvalue weighted by Gasteiger charge is -2.41. The maximum atomic E-state index is 13.1. The van der Waals surface area contributed by atoms with Gasteiger partial charge in [0.1, 0.15) is 0 Å². The highest BCUT2D eigenvalue weighted by molar-refractivity contribution is 6.04. The zero-order valence-electron chi connectivity index (χ0n) is 27.1. The fourth-order valence-electron chi connectivity index (χ4n) is 4.98. The summed E-state index contributed by atoms with van der Waals surface area (Å²) in [7, 11) is 2.14. The first kappa shape index (κ1) is 34.9. The number of amides is 1. The van der Waals surface area contributed by atoms with E-state index in [4.69, 9.17) is 4.74 Å². The van der Waals surface area contributed by atoms with Gasteiger partial charge in [-0.1, -0.05) is 18.2 Å². The van der Waals surface area contributed by atoms with Crippen molar-refractivity contribution in [2.45, 2.75) is 34.2 Å². The van der Waals surface area contributed by atoms with Gasteiger partial charge in [0.15, 0.2) is 0 Å². The molecule has 2 N–H and O–H groups in total. The molecule has 0 radical (unpaired) electrons. The molecule has 0 bridgehead atoms. The van der Waals surface area contributed by atoms with E-state index in [-0.39, 0.29) is 35.9 Å². The highest BCUT2D eigenvalue weighted by atomic mass is 127. The van der Waals surface area contributed by atoms with Crippen LogP contribution >= 0.6 is 0 Å². The Labute approximate surface area is 288 Å². The molecule has 46 heavy (non-hydrogen) atoms. The van der Waals surface area contributed by atoms with Crippen LogP contribution in [0.15, 0.2) is 79.3 Å². The number of ether oxygens (including phenoxy) is 1. The number of carbonyl (C=O) groups excluding carboxylic acids is 2. The molecule has 0 atom stereocenters. The van der Waals surface area contributed by atoms with Crippen LogP contribution in [-0.4, -0.2) is 76.2 Å². The molecule has 3 heterocycles. The number of nitrogens with zero attached hydrogens (tertiary/aromatic N) is 5. The number of likely N-dealkylation sites (N-methyl/N-ethyl adjacent to an activating group) is 1. The number of nitrogens with one attached hydrogen (secondary N) is 2. The molecule has 11 heteroatoms. The molecule has 2 aromatic heterocycles. The number of hydrogen-bond acceptors (Lipinski definition) is 8. The Morgan fingerprint density at radius 3 is 2.41 bits per heavy atom. The lowest BCUT2D eigenvalue weighted by atomic mass is 9.97. The summed E-state index contributed by atoms with van der Waals surface area (Å²) in [6, 6.07) is 19.1. The van der Waals surface area contributed by atoms with E-state index in [0.29, 0.717) is 23.9 Å². The number of aromatic nitrogens is 3. The van der Waals surface area contributed by atoms with Crippen molar-refractivity contribution < 1.29 is 42.8 Å². The highest BCUT2D eigenvalue weighted by Crippen LogP contribution is 2.25. The molecule has 5 rings (SSSR count). The number of pyridine rings is 1. The first-order valence-electron chi connectivity index (χ1n) is 15.2. The first-order chi connectivity index (χ1) is 21.5. The van der Waals surface area contributed by atoms with Gasteiger partial charge >= 0.3 is 5.97 Å². The zero-order valence-corrected chi connectivity index (χ0v) is 29.2. The minimum atomic E-state index is -0.492. The Morgan fingerprint density at radius 2 is 1.74 bits per heavy atom. The van der Waals surface area contributed by atoms with E-state index in [0.717, 1.165) is 65.3 Å². The van der Waals surface area contributed by atoms with E-state index in [1.807, 2.05) is 88.4 Å². The number of esters is 1. The van der Waals surface area contributed by atoms with E-state index in [1.54, 1.807) is 18.6 Å². The first-order valence-corrected chi connectivity index (χ1v) is 15.2. The lowest BCUT2D eigenvalue weighted by Crippen LogP contribution is -3.00. The van der Waals surface area contributed by atoms with Gasteiger partial charge in [0, 0.05) is 60.7 Å². The van der Waals surface area contributed by atoms with Crippen molar-refractivity contribution in [2.24, 2.45) is 5.41 Å². The monoisotopic (exact) mass is 735 g/mol. The van der Waals surface area contributed by atoms with Gasteiger partial charge in [0.25, 0.3) is 5.91 Å². The lowest BCUT2D eigenvalue weighted by molar-refractivity contribution is -0.929. The summed E-state index contributed by atoms with van der Waals surface area (Å²) in [6.45, 7) is 12.5. The maximum absolute atomic E-state index is 13.1. The van der Waals surface area contributed by atoms with Gasteiger partial charge in [-0.3, -0.25) is 24.0 Å². The fourth-order valence-corrected chi connectivity index (χ4v) is 4.98. The standard InChI is InChI=1S/C35H41N7O3.HI/c1-25-8-13-29(21-31(25)40-34-37-16-14-30(39-34)28-7-6-15-36-22-28)38-32(43)27-11-9-26(10-12-27)23-41-17-19-42(5,20-18-41)24-45-33(44)35(2,3)4;/h6-16,21-22H,17-20,23-24H2,1-5H3,(H-,37,38,39,40,43);1H. The molecule has 1 amide bonds. The number of carbonyl (C=O) groups is 2. The van der Waals surface area contributed by atoms with Crippen LogP contribution in [0.5, 0.6) is 0 Å². The van der Waals surface area contributed by atoms with Crippen LogP contribution in [-0.2, 0) is 16.1 Å². The smallest absolute Gasteiger partial charge is 0.315 e. The minimum Gasteiger partial charge on any atom is -1.00 e. The third kappa shape index (κ3) is 9.30. The van der Waals surface area contributed by atoms with Gasteiger partial charge < -0.3 is 39.3 Å².